The van der Waals surface area contributed by atoms with Crippen molar-refractivity contribution in [2.24, 2.45) is 10.9 Å². The van der Waals surface area contributed by atoms with Crippen molar-refractivity contribution in [3.8, 4) is 0 Å². The molecular weight excluding hydrogens is 141 g/mol. The van der Waals surface area contributed by atoms with Crippen molar-refractivity contribution in [2.45, 2.75) is 13.8 Å². The minimum Gasteiger partial charge on any atom is -0.297 e. The normalized spacial score (nSPS) is 13.0. The van der Waals surface area contributed by atoms with Crippen LogP contribution < -0.4 is 0 Å². The zero-order valence-electron chi connectivity index (χ0n) is 7.26. The second kappa shape index (κ2) is 4.83. The summed E-state index contributed by atoms with van der Waals surface area (Å²) in [4.78, 5) is 3.73. The Hall–Kier alpha value is -0.920. The van der Waals surface area contributed by atoms with Crippen LogP contribution in [0, 0.1) is 5.92 Å². The van der Waals surface area contributed by atoms with Gasteiger partial charge in [-0.05, 0) is 17.6 Å². The van der Waals surface area contributed by atoms with Crippen molar-refractivity contribution in [1.29, 1.82) is 0 Å². The van der Waals surface area contributed by atoms with Gasteiger partial charge in [-0.15, -0.1) is 0 Å². The lowest BCUT2D eigenvalue weighted by atomic mass is 10.0. The molecule has 0 atom stereocenters. The third-order valence-corrected chi connectivity index (χ3v) is 1.34. The molecule has 0 aliphatic heterocycles. The van der Waals surface area contributed by atoms with Crippen molar-refractivity contribution < 1.29 is 4.39 Å². The molecule has 0 aliphatic rings. The quantitative estimate of drug-likeness (QED) is 0.439. The smallest absolute Gasteiger partial charge is 0.119 e. The lowest BCUT2D eigenvalue weighted by Gasteiger charge is -2.05. The van der Waals surface area contributed by atoms with Crippen molar-refractivity contribution in [3.05, 3.63) is 24.1 Å². The van der Waals surface area contributed by atoms with Gasteiger partial charge in [0, 0.05) is 13.3 Å². The van der Waals surface area contributed by atoms with Gasteiger partial charge in [0.1, 0.15) is 5.83 Å². The highest BCUT2D eigenvalue weighted by atomic mass is 19.1. The first kappa shape index (κ1) is 10.1. The van der Waals surface area contributed by atoms with E-state index in [2.05, 4.69) is 11.6 Å². The van der Waals surface area contributed by atoms with Crippen molar-refractivity contribution >= 4 is 6.21 Å². The van der Waals surface area contributed by atoms with Crippen LogP contribution in [0.2, 0.25) is 0 Å². The Morgan fingerprint density at radius 2 is 2.09 bits per heavy atom. The van der Waals surface area contributed by atoms with Crippen LogP contribution in [0.25, 0.3) is 0 Å². The standard InChI is InChI=1S/C9H14FN/c1-7(2)9(8(3)10)5-6-11-4/h5-7H,3H2,1-2,4H3/b9-5-,11-6?. The maximum absolute atomic E-state index is 12.6. The Morgan fingerprint density at radius 1 is 1.55 bits per heavy atom. The van der Waals surface area contributed by atoms with Crippen molar-refractivity contribution in [1.82, 2.24) is 0 Å². The highest BCUT2D eigenvalue weighted by molar-refractivity contribution is 5.73. The van der Waals surface area contributed by atoms with Gasteiger partial charge in [-0.3, -0.25) is 4.99 Å². The highest BCUT2D eigenvalue weighted by Gasteiger charge is 2.04. The summed E-state index contributed by atoms with van der Waals surface area (Å²) in [7, 11) is 1.65. The predicted octanol–water partition coefficient (Wildman–Crippen LogP) is 2.75. The molecular formula is C9H14FN. The van der Waals surface area contributed by atoms with Crippen LogP contribution in [-0.4, -0.2) is 13.3 Å². The molecule has 0 amide bonds. The highest BCUT2D eigenvalue weighted by Crippen LogP contribution is 2.17. The summed E-state index contributed by atoms with van der Waals surface area (Å²) < 4.78 is 12.6. The summed E-state index contributed by atoms with van der Waals surface area (Å²) in [5, 5.41) is 0. The van der Waals surface area contributed by atoms with Crippen LogP contribution in [0.15, 0.2) is 29.0 Å². The van der Waals surface area contributed by atoms with Gasteiger partial charge in [0.2, 0.25) is 0 Å². The molecule has 0 aromatic rings. The SMILES string of the molecule is C=C(F)/C(=C\C=NC)C(C)C. The molecule has 0 spiro atoms. The maximum Gasteiger partial charge on any atom is 0.119 e. The average molecular weight is 155 g/mol. The Balaban J connectivity index is 4.46. The Kier molecular flexibility index (Phi) is 4.42. The minimum atomic E-state index is -0.375. The molecule has 11 heavy (non-hydrogen) atoms. The van der Waals surface area contributed by atoms with E-state index in [1.807, 2.05) is 13.8 Å². The molecule has 0 saturated heterocycles. The van der Waals surface area contributed by atoms with Crippen LogP contribution >= 0.6 is 0 Å². The second-order valence-corrected chi connectivity index (χ2v) is 2.59. The van der Waals surface area contributed by atoms with Crippen LogP contribution in [0.3, 0.4) is 0 Å². The largest absolute Gasteiger partial charge is 0.297 e. The number of allylic oxidation sites excluding steroid dienone is 3. The molecule has 0 heterocycles. The summed E-state index contributed by atoms with van der Waals surface area (Å²) in [6, 6.07) is 0. The fourth-order valence-electron chi connectivity index (χ4n) is 0.751. The van der Waals surface area contributed by atoms with Crippen LogP contribution in [0.4, 0.5) is 4.39 Å². The van der Waals surface area contributed by atoms with Gasteiger partial charge in [0.25, 0.3) is 0 Å². The van der Waals surface area contributed by atoms with Gasteiger partial charge in [0.05, 0.1) is 0 Å². The number of rotatable bonds is 3. The topological polar surface area (TPSA) is 12.4 Å². The van der Waals surface area contributed by atoms with Gasteiger partial charge in [0.15, 0.2) is 0 Å². The Labute approximate surface area is 67.3 Å². The van der Waals surface area contributed by atoms with E-state index in [0.29, 0.717) is 5.57 Å². The Morgan fingerprint density at radius 3 is 2.36 bits per heavy atom. The van der Waals surface area contributed by atoms with E-state index in [9.17, 15) is 4.39 Å². The van der Waals surface area contributed by atoms with Gasteiger partial charge in [-0.2, -0.15) is 0 Å². The lowest BCUT2D eigenvalue weighted by Crippen LogP contribution is -1.94. The molecule has 0 unspecified atom stereocenters. The van der Waals surface area contributed by atoms with Crippen LogP contribution in [0.5, 0.6) is 0 Å². The maximum atomic E-state index is 12.6. The zero-order chi connectivity index (χ0) is 8.85. The summed E-state index contributed by atoms with van der Waals surface area (Å²) in [6.45, 7) is 7.07. The van der Waals surface area contributed by atoms with E-state index in [0.717, 1.165) is 0 Å². The molecule has 0 aromatic heterocycles. The monoisotopic (exact) mass is 155 g/mol. The van der Waals surface area contributed by atoms with Crippen molar-refractivity contribution in [2.75, 3.05) is 7.05 Å². The molecule has 0 rings (SSSR count). The first-order valence-electron chi connectivity index (χ1n) is 3.56. The first-order valence-corrected chi connectivity index (χ1v) is 3.56. The number of nitrogens with zero attached hydrogens (tertiary/aromatic N) is 1. The fourth-order valence-corrected chi connectivity index (χ4v) is 0.751. The minimum absolute atomic E-state index is 0.158. The molecule has 0 bridgehead atoms. The third-order valence-electron chi connectivity index (χ3n) is 1.34. The van der Waals surface area contributed by atoms with E-state index in [1.54, 1.807) is 19.3 Å². The van der Waals surface area contributed by atoms with Gasteiger partial charge in [-0.25, -0.2) is 4.39 Å². The van der Waals surface area contributed by atoms with E-state index < -0.39 is 0 Å². The molecule has 0 radical (unpaired) electrons. The molecule has 0 aromatic carbocycles. The fraction of sp³-hybridized carbons (Fsp3) is 0.444. The molecule has 2 heteroatoms. The van der Waals surface area contributed by atoms with Gasteiger partial charge >= 0.3 is 0 Å². The molecule has 0 N–H and O–H groups in total. The number of halogens is 1. The molecule has 62 valence electrons. The van der Waals surface area contributed by atoms with Crippen LogP contribution in [-0.2, 0) is 0 Å². The first-order chi connectivity index (χ1) is 5.09. The Bertz CT molecular complexity index is 190. The molecule has 0 aliphatic carbocycles. The van der Waals surface area contributed by atoms with E-state index in [-0.39, 0.29) is 11.7 Å². The molecule has 1 nitrogen and oxygen atoms in total. The number of hydrogen-bond acceptors (Lipinski definition) is 1. The summed E-state index contributed by atoms with van der Waals surface area (Å²) >= 11 is 0. The lowest BCUT2D eigenvalue weighted by molar-refractivity contribution is 0.613. The van der Waals surface area contributed by atoms with Crippen molar-refractivity contribution in [3.63, 3.8) is 0 Å². The predicted molar refractivity (Wildman–Crippen MR) is 47.6 cm³/mol. The average Bonchev–Trinajstić information content (AvgIpc) is 1.87. The summed E-state index contributed by atoms with van der Waals surface area (Å²) in [5.74, 6) is -0.217. The number of hydrogen-bond donors (Lipinski definition) is 0. The zero-order valence-corrected chi connectivity index (χ0v) is 7.26. The van der Waals surface area contributed by atoms with Crippen LogP contribution in [0.1, 0.15) is 13.8 Å². The summed E-state index contributed by atoms with van der Waals surface area (Å²) in [5.41, 5.74) is 0.607. The summed E-state index contributed by atoms with van der Waals surface area (Å²) in [6.07, 6.45) is 3.22. The van der Waals surface area contributed by atoms with E-state index in [1.165, 1.54) is 0 Å². The molecule has 0 saturated carbocycles. The van der Waals surface area contributed by atoms with E-state index >= 15 is 0 Å². The van der Waals surface area contributed by atoms with Gasteiger partial charge in [-0.1, -0.05) is 20.4 Å². The van der Waals surface area contributed by atoms with Gasteiger partial charge < -0.3 is 0 Å². The second-order valence-electron chi connectivity index (χ2n) is 2.59. The third kappa shape index (κ3) is 3.71. The number of aliphatic imine (C=N–C) groups is 1. The van der Waals surface area contributed by atoms with E-state index in [4.69, 9.17) is 0 Å². The molecule has 0 fully saturated rings.